The maximum atomic E-state index is 13.6. The normalized spacial score (nSPS) is 21.1. The number of fused-ring (bicyclic) bond motifs is 1. The van der Waals surface area contributed by atoms with E-state index in [9.17, 15) is 9.18 Å². The summed E-state index contributed by atoms with van der Waals surface area (Å²) in [6, 6.07) is 15.9. The molecule has 5 rings (SSSR count). The molecule has 8 heteroatoms. The number of halogens is 1. The van der Waals surface area contributed by atoms with E-state index in [1.807, 2.05) is 39.9 Å². The molecule has 2 aliphatic rings. The molecule has 1 aromatic heterocycles. The maximum Gasteiger partial charge on any atom is 0.238 e. The van der Waals surface area contributed by atoms with Crippen molar-refractivity contribution in [3.8, 4) is 11.4 Å². The molecule has 1 N–H and O–H groups in total. The monoisotopic (exact) mass is 437 g/mol. The van der Waals surface area contributed by atoms with E-state index in [2.05, 4.69) is 15.6 Å². The van der Waals surface area contributed by atoms with Crippen LogP contribution in [0.25, 0.3) is 11.4 Å². The third-order valence-corrected chi connectivity index (χ3v) is 7.06. The highest BCUT2D eigenvalue weighted by molar-refractivity contribution is 8.00. The summed E-state index contributed by atoms with van der Waals surface area (Å²) in [5.74, 6) is 0.498. The Kier molecular flexibility index (Phi) is 5.63. The number of carbonyl (C=O) groups is 1. The van der Waals surface area contributed by atoms with Crippen molar-refractivity contribution < 1.29 is 9.18 Å². The second-order valence-corrected chi connectivity index (χ2v) is 9.05. The van der Waals surface area contributed by atoms with Crippen molar-refractivity contribution in [2.45, 2.75) is 42.1 Å². The predicted octanol–water partition coefficient (Wildman–Crippen LogP) is 4.25. The molecule has 0 aliphatic carbocycles. The minimum Gasteiger partial charge on any atom is -0.342 e. The molecule has 31 heavy (non-hydrogen) atoms. The highest BCUT2D eigenvalue weighted by atomic mass is 32.2. The predicted molar refractivity (Wildman–Crippen MR) is 119 cm³/mol. The topological polar surface area (TPSA) is 63.1 Å². The van der Waals surface area contributed by atoms with Gasteiger partial charge in [-0.3, -0.25) is 4.79 Å². The minimum absolute atomic E-state index is 0.101. The van der Waals surface area contributed by atoms with Gasteiger partial charge in [0.1, 0.15) is 11.1 Å². The van der Waals surface area contributed by atoms with Crippen LogP contribution in [0.4, 0.5) is 4.39 Å². The zero-order valence-electron chi connectivity index (χ0n) is 17.1. The van der Waals surface area contributed by atoms with E-state index in [4.69, 9.17) is 0 Å². The minimum atomic E-state index is -0.399. The number of thioether (sulfide) groups is 1. The molecule has 1 amide bonds. The number of likely N-dealkylation sites (tertiary alicyclic amines) is 1. The van der Waals surface area contributed by atoms with Gasteiger partial charge >= 0.3 is 0 Å². The molecule has 1 fully saturated rings. The van der Waals surface area contributed by atoms with Crippen LogP contribution in [0.1, 0.15) is 37.3 Å². The average Bonchev–Trinajstić information content (AvgIpc) is 3.02. The van der Waals surface area contributed by atoms with Gasteiger partial charge in [-0.1, -0.05) is 67.1 Å². The van der Waals surface area contributed by atoms with Crippen LogP contribution >= 0.6 is 11.8 Å². The fraction of sp³-hybridized carbons (Fsp3) is 0.348. The average molecular weight is 438 g/mol. The summed E-state index contributed by atoms with van der Waals surface area (Å²) in [6.45, 7) is 1.57. The lowest BCUT2D eigenvalue weighted by Crippen LogP contribution is -2.46. The SMILES string of the molecule is O=C(C1Sc2nnc(-c3ccccc3)n2NC1c1ccc(F)cc1)N1CCCCCC1. The Morgan fingerprint density at radius 1 is 0.968 bits per heavy atom. The molecule has 2 aromatic carbocycles. The van der Waals surface area contributed by atoms with Crippen LogP contribution in [0.5, 0.6) is 0 Å². The van der Waals surface area contributed by atoms with Crippen LogP contribution in [0.3, 0.4) is 0 Å². The Balaban J connectivity index is 1.52. The lowest BCUT2D eigenvalue weighted by Gasteiger charge is -2.35. The zero-order valence-corrected chi connectivity index (χ0v) is 17.9. The molecule has 0 bridgehead atoms. The summed E-state index contributed by atoms with van der Waals surface area (Å²) in [5.41, 5.74) is 5.26. The van der Waals surface area contributed by atoms with Crippen molar-refractivity contribution in [3.63, 3.8) is 0 Å². The van der Waals surface area contributed by atoms with Crippen molar-refractivity contribution in [1.29, 1.82) is 0 Å². The van der Waals surface area contributed by atoms with Crippen LogP contribution in [-0.2, 0) is 4.79 Å². The fourth-order valence-electron chi connectivity index (χ4n) is 4.21. The number of rotatable bonds is 3. The molecule has 2 atom stereocenters. The Morgan fingerprint density at radius 3 is 2.39 bits per heavy atom. The summed E-state index contributed by atoms with van der Waals surface area (Å²) in [7, 11) is 0. The molecule has 2 aliphatic heterocycles. The molecule has 0 saturated carbocycles. The van der Waals surface area contributed by atoms with Crippen LogP contribution in [0, 0.1) is 5.82 Å². The first-order valence-electron chi connectivity index (χ1n) is 10.7. The van der Waals surface area contributed by atoms with E-state index in [1.54, 1.807) is 12.1 Å². The number of nitrogens with zero attached hydrogens (tertiary/aromatic N) is 4. The molecule has 3 heterocycles. The number of carbonyl (C=O) groups excluding carboxylic acids is 1. The Hall–Kier alpha value is -2.87. The summed E-state index contributed by atoms with van der Waals surface area (Å²) < 4.78 is 15.4. The number of hydrogen-bond acceptors (Lipinski definition) is 5. The highest BCUT2D eigenvalue weighted by Gasteiger charge is 2.40. The smallest absolute Gasteiger partial charge is 0.238 e. The molecule has 1 saturated heterocycles. The second-order valence-electron chi connectivity index (χ2n) is 7.94. The summed E-state index contributed by atoms with van der Waals surface area (Å²) in [6.07, 6.45) is 4.39. The molecular formula is C23H24FN5OS. The van der Waals surface area contributed by atoms with Gasteiger partial charge in [0.25, 0.3) is 0 Å². The third kappa shape index (κ3) is 4.04. The van der Waals surface area contributed by atoms with Gasteiger partial charge in [0.05, 0.1) is 6.04 Å². The standard InChI is InChI=1S/C23H24FN5OS/c24-18-12-10-16(11-13-18)19-20(22(30)28-14-6-1-2-7-15-28)31-23-26-25-21(29(23)27-19)17-8-4-3-5-9-17/h3-5,8-13,19-20,27H,1-2,6-7,14-15H2. The molecule has 2 unspecified atom stereocenters. The molecule has 6 nitrogen and oxygen atoms in total. The van der Waals surface area contributed by atoms with E-state index in [-0.39, 0.29) is 17.8 Å². The summed E-state index contributed by atoms with van der Waals surface area (Å²) in [5, 5.41) is 8.99. The summed E-state index contributed by atoms with van der Waals surface area (Å²) in [4.78, 5) is 15.6. The Morgan fingerprint density at radius 2 is 1.68 bits per heavy atom. The first kappa shape index (κ1) is 20.1. The van der Waals surface area contributed by atoms with Gasteiger partial charge in [-0.05, 0) is 30.5 Å². The van der Waals surface area contributed by atoms with Gasteiger partial charge in [0.2, 0.25) is 11.1 Å². The lowest BCUT2D eigenvalue weighted by molar-refractivity contribution is -0.131. The first-order chi connectivity index (χ1) is 15.2. The number of nitrogens with one attached hydrogen (secondary N) is 1. The van der Waals surface area contributed by atoms with Crippen molar-refractivity contribution in [1.82, 2.24) is 19.8 Å². The molecular weight excluding hydrogens is 413 g/mol. The zero-order chi connectivity index (χ0) is 21.2. The van der Waals surface area contributed by atoms with Crippen molar-refractivity contribution in [2.24, 2.45) is 0 Å². The lowest BCUT2D eigenvalue weighted by atomic mass is 10.0. The van der Waals surface area contributed by atoms with Crippen molar-refractivity contribution in [2.75, 3.05) is 18.5 Å². The number of benzene rings is 2. The Bertz CT molecular complexity index is 1050. The van der Waals surface area contributed by atoms with E-state index in [0.29, 0.717) is 11.0 Å². The van der Waals surface area contributed by atoms with E-state index in [0.717, 1.165) is 49.9 Å². The van der Waals surface area contributed by atoms with Gasteiger partial charge in [0, 0.05) is 18.7 Å². The largest absolute Gasteiger partial charge is 0.342 e. The van der Waals surface area contributed by atoms with Gasteiger partial charge in [0.15, 0.2) is 5.82 Å². The quantitative estimate of drug-likeness (QED) is 0.664. The molecule has 0 spiro atoms. The van der Waals surface area contributed by atoms with E-state index in [1.165, 1.54) is 23.9 Å². The first-order valence-corrected chi connectivity index (χ1v) is 11.6. The van der Waals surface area contributed by atoms with E-state index >= 15 is 0 Å². The molecule has 0 radical (unpaired) electrons. The number of aromatic nitrogens is 3. The number of amides is 1. The fourth-order valence-corrected chi connectivity index (χ4v) is 5.37. The van der Waals surface area contributed by atoms with Crippen LogP contribution in [0.2, 0.25) is 0 Å². The van der Waals surface area contributed by atoms with Gasteiger partial charge in [-0.25, -0.2) is 9.07 Å². The van der Waals surface area contributed by atoms with Crippen molar-refractivity contribution in [3.05, 3.63) is 66.0 Å². The summed E-state index contributed by atoms with van der Waals surface area (Å²) >= 11 is 1.43. The third-order valence-electron chi connectivity index (χ3n) is 5.86. The Labute approximate surface area is 184 Å². The van der Waals surface area contributed by atoms with Crippen LogP contribution in [-0.4, -0.2) is 44.0 Å². The van der Waals surface area contributed by atoms with E-state index < -0.39 is 5.25 Å². The van der Waals surface area contributed by atoms with Crippen LogP contribution in [0.15, 0.2) is 59.8 Å². The van der Waals surface area contributed by atoms with Gasteiger partial charge in [-0.2, -0.15) is 0 Å². The van der Waals surface area contributed by atoms with Gasteiger partial charge in [-0.15, -0.1) is 10.2 Å². The molecule has 160 valence electrons. The number of hydrogen-bond donors (Lipinski definition) is 1. The second kappa shape index (κ2) is 8.70. The van der Waals surface area contributed by atoms with Crippen LogP contribution < -0.4 is 5.43 Å². The highest BCUT2D eigenvalue weighted by Crippen LogP contribution is 2.39. The maximum absolute atomic E-state index is 13.6. The van der Waals surface area contributed by atoms with Gasteiger partial charge < -0.3 is 10.3 Å². The molecule has 3 aromatic rings. The van der Waals surface area contributed by atoms with Crippen molar-refractivity contribution >= 4 is 17.7 Å².